The predicted molar refractivity (Wildman–Crippen MR) is 82.0 cm³/mol. The van der Waals surface area contributed by atoms with Crippen molar-refractivity contribution in [1.82, 2.24) is 0 Å². The van der Waals surface area contributed by atoms with Gasteiger partial charge in [-0.2, -0.15) is 0 Å². The van der Waals surface area contributed by atoms with Crippen LogP contribution in [0.1, 0.15) is 41.0 Å². The summed E-state index contributed by atoms with van der Waals surface area (Å²) < 4.78 is 6.08. The Morgan fingerprint density at radius 1 is 1.15 bits per heavy atom. The molecule has 4 nitrogen and oxygen atoms in total. The lowest BCUT2D eigenvalue weighted by atomic mass is 9.94. The molecule has 1 aromatic rings. The summed E-state index contributed by atoms with van der Waals surface area (Å²) in [5, 5.41) is 6.29. The van der Waals surface area contributed by atoms with Gasteiger partial charge in [0.1, 0.15) is 0 Å². The van der Waals surface area contributed by atoms with Gasteiger partial charge in [0, 0.05) is 18.3 Å². The molecule has 1 heterocycles. The van der Waals surface area contributed by atoms with E-state index < -0.39 is 0 Å². The minimum Gasteiger partial charge on any atom is -0.379 e. The molecule has 0 spiro atoms. The van der Waals surface area contributed by atoms with E-state index in [1.54, 1.807) is 0 Å². The van der Waals surface area contributed by atoms with Gasteiger partial charge in [0.2, 0.25) is 5.91 Å². The highest BCUT2D eigenvalue weighted by atomic mass is 16.5. The topological polar surface area (TPSA) is 50.4 Å². The van der Waals surface area contributed by atoms with Crippen molar-refractivity contribution < 1.29 is 9.53 Å². The summed E-state index contributed by atoms with van der Waals surface area (Å²) >= 11 is 0. The Hall–Kier alpha value is -1.55. The van der Waals surface area contributed by atoms with Gasteiger partial charge in [-0.05, 0) is 58.4 Å². The summed E-state index contributed by atoms with van der Waals surface area (Å²) in [6.07, 6.45) is 0.966. The predicted octanol–water partition coefficient (Wildman–Crippen LogP) is 3.40. The second-order valence-electron chi connectivity index (χ2n) is 6.62. The summed E-state index contributed by atoms with van der Waals surface area (Å²) in [4.78, 5) is 11.0. The highest BCUT2D eigenvalue weighted by Crippen LogP contribution is 2.38. The third-order valence-electron chi connectivity index (χ3n) is 3.62. The van der Waals surface area contributed by atoms with Crippen molar-refractivity contribution >= 4 is 17.3 Å². The Morgan fingerprint density at radius 3 is 2.15 bits per heavy atom. The van der Waals surface area contributed by atoms with Crippen molar-refractivity contribution in [2.75, 3.05) is 10.6 Å². The third kappa shape index (κ3) is 3.51. The van der Waals surface area contributed by atoms with Crippen LogP contribution in [0.25, 0.3) is 0 Å². The molecule has 110 valence electrons. The molecule has 1 unspecified atom stereocenters. The van der Waals surface area contributed by atoms with Gasteiger partial charge in [0.15, 0.2) is 0 Å². The quantitative estimate of drug-likeness (QED) is 0.889. The summed E-state index contributed by atoms with van der Waals surface area (Å²) in [6, 6.07) is 8.03. The summed E-state index contributed by atoms with van der Waals surface area (Å²) in [5.74, 6) is -0.0576. The highest BCUT2D eigenvalue weighted by molar-refractivity contribution is 5.88. The number of hydrogen-bond donors (Lipinski definition) is 2. The van der Waals surface area contributed by atoms with Crippen LogP contribution in [0.4, 0.5) is 11.4 Å². The van der Waals surface area contributed by atoms with E-state index in [0.29, 0.717) is 0 Å². The van der Waals surface area contributed by atoms with Gasteiger partial charge >= 0.3 is 0 Å². The number of nitrogens with one attached hydrogen (secondary N) is 2. The van der Waals surface area contributed by atoms with Crippen molar-refractivity contribution in [3.8, 4) is 0 Å². The fraction of sp³-hybridized carbons (Fsp3) is 0.562. The van der Waals surface area contributed by atoms with Gasteiger partial charge in [0.25, 0.3) is 0 Å². The van der Waals surface area contributed by atoms with Crippen molar-refractivity contribution in [2.24, 2.45) is 0 Å². The van der Waals surface area contributed by atoms with Crippen LogP contribution < -0.4 is 10.6 Å². The molecule has 1 amide bonds. The maximum absolute atomic E-state index is 11.0. The first-order chi connectivity index (χ1) is 9.18. The van der Waals surface area contributed by atoms with Crippen LogP contribution in [-0.2, 0) is 9.53 Å². The fourth-order valence-electron chi connectivity index (χ4n) is 2.84. The monoisotopic (exact) mass is 276 g/mol. The second kappa shape index (κ2) is 5.09. The molecule has 1 atom stereocenters. The molecule has 4 heteroatoms. The molecular formula is C16H24N2O2. The first kappa shape index (κ1) is 14.9. The largest absolute Gasteiger partial charge is 0.379 e. The minimum absolute atomic E-state index is 0.0576. The first-order valence-corrected chi connectivity index (χ1v) is 7.02. The van der Waals surface area contributed by atoms with Crippen molar-refractivity contribution in [1.29, 1.82) is 0 Å². The average molecular weight is 276 g/mol. The molecule has 0 saturated carbocycles. The highest BCUT2D eigenvalue weighted by Gasteiger charge is 2.45. The number of hydrogen-bond acceptors (Lipinski definition) is 3. The van der Waals surface area contributed by atoms with E-state index in [9.17, 15) is 4.79 Å². The SMILES string of the molecule is CC(=O)Nc1ccc(NC2CC(C)(C)OC2(C)C)cc1. The van der Waals surface area contributed by atoms with E-state index in [1.807, 2.05) is 24.3 Å². The molecule has 1 aliphatic rings. The normalized spacial score (nSPS) is 23.4. The van der Waals surface area contributed by atoms with E-state index in [2.05, 4.69) is 38.3 Å². The maximum Gasteiger partial charge on any atom is 0.221 e. The lowest BCUT2D eigenvalue weighted by molar-refractivity contribution is -0.114. The number of carbonyl (C=O) groups excluding carboxylic acids is 1. The second-order valence-corrected chi connectivity index (χ2v) is 6.62. The number of ether oxygens (including phenoxy) is 1. The van der Waals surface area contributed by atoms with Crippen LogP contribution in [0.5, 0.6) is 0 Å². The molecule has 1 saturated heterocycles. The zero-order valence-electron chi connectivity index (χ0n) is 12.9. The van der Waals surface area contributed by atoms with Crippen LogP contribution in [0.15, 0.2) is 24.3 Å². The fourth-order valence-corrected chi connectivity index (χ4v) is 2.84. The van der Waals surface area contributed by atoms with Crippen LogP contribution in [0, 0.1) is 0 Å². The molecule has 0 bridgehead atoms. The zero-order chi connectivity index (χ0) is 15.0. The lowest BCUT2D eigenvalue weighted by Crippen LogP contribution is -2.38. The zero-order valence-corrected chi connectivity index (χ0v) is 12.9. The van der Waals surface area contributed by atoms with E-state index in [-0.39, 0.29) is 23.2 Å². The smallest absolute Gasteiger partial charge is 0.221 e. The van der Waals surface area contributed by atoms with Gasteiger partial charge in [-0.1, -0.05) is 0 Å². The molecule has 20 heavy (non-hydrogen) atoms. The molecule has 0 aromatic heterocycles. The van der Waals surface area contributed by atoms with E-state index in [1.165, 1.54) is 6.92 Å². The summed E-state index contributed by atoms with van der Waals surface area (Å²) in [6.45, 7) is 9.98. The minimum atomic E-state index is -0.195. The number of benzene rings is 1. The molecule has 2 rings (SSSR count). The van der Waals surface area contributed by atoms with E-state index in [0.717, 1.165) is 17.8 Å². The number of rotatable bonds is 3. The molecule has 2 N–H and O–H groups in total. The van der Waals surface area contributed by atoms with Gasteiger partial charge in [0.05, 0.1) is 17.2 Å². The van der Waals surface area contributed by atoms with Crippen LogP contribution in [-0.4, -0.2) is 23.2 Å². The van der Waals surface area contributed by atoms with Crippen molar-refractivity contribution in [3.05, 3.63) is 24.3 Å². The van der Waals surface area contributed by atoms with E-state index >= 15 is 0 Å². The number of carbonyl (C=O) groups is 1. The van der Waals surface area contributed by atoms with Crippen molar-refractivity contribution in [2.45, 2.75) is 58.3 Å². The Balaban J connectivity index is 2.05. The van der Waals surface area contributed by atoms with Gasteiger partial charge in [-0.25, -0.2) is 0 Å². The molecule has 1 fully saturated rings. The van der Waals surface area contributed by atoms with Crippen molar-refractivity contribution in [3.63, 3.8) is 0 Å². The Labute approximate surface area is 120 Å². The lowest BCUT2D eigenvalue weighted by Gasteiger charge is -2.28. The molecule has 1 aliphatic heterocycles. The number of amides is 1. The molecular weight excluding hydrogens is 252 g/mol. The van der Waals surface area contributed by atoms with Crippen LogP contribution in [0.3, 0.4) is 0 Å². The third-order valence-corrected chi connectivity index (χ3v) is 3.62. The van der Waals surface area contributed by atoms with E-state index in [4.69, 9.17) is 4.74 Å². The Morgan fingerprint density at radius 2 is 1.70 bits per heavy atom. The molecule has 0 radical (unpaired) electrons. The van der Waals surface area contributed by atoms with Crippen LogP contribution in [0.2, 0.25) is 0 Å². The van der Waals surface area contributed by atoms with Gasteiger partial charge < -0.3 is 15.4 Å². The Bertz CT molecular complexity index is 492. The Kier molecular flexibility index (Phi) is 3.78. The average Bonchev–Trinajstić information content (AvgIpc) is 2.48. The number of anilines is 2. The van der Waals surface area contributed by atoms with Gasteiger partial charge in [-0.15, -0.1) is 0 Å². The van der Waals surface area contributed by atoms with Gasteiger partial charge in [-0.3, -0.25) is 4.79 Å². The standard InChI is InChI=1S/C16H24N2O2/c1-11(19)17-12-6-8-13(9-7-12)18-14-10-15(2,3)20-16(14,4)5/h6-9,14,18H,10H2,1-5H3,(H,17,19). The molecule has 0 aliphatic carbocycles. The van der Waals surface area contributed by atoms with Crippen LogP contribution >= 0.6 is 0 Å². The maximum atomic E-state index is 11.0. The first-order valence-electron chi connectivity index (χ1n) is 7.02. The molecule has 1 aromatic carbocycles. The summed E-state index contributed by atoms with van der Waals surface area (Å²) in [5.41, 5.74) is 1.56. The summed E-state index contributed by atoms with van der Waals surface area (Å²) in [7, 11) is 0.